The van der Waals surface area contributed by atoms with Gasteiger partial charge in [-0.05, 0) is 0 Å². The molecule has 0 fully saturated rings. The average Bonchev–Trinajstić information content (AvgIpc) is 0.918. The van der Waals surface area contributed by atoms with Gasteiger partial charge in [0.1, 0.15) is 0 Å². The summed E-state index contributed by atoms with van der Waals surface area (Å²) in [6.07, 6.45) is 0. The van der Waals surface area contributed by atoms with Crippen LogP contribution < -0.4 is 0 Å². The molecule has 0 aromatic heterocycles. The van der Waals surface area contributed by atoms with Gasteiger partial charge in [-0.1, -0.05) is 0 Å². The maximum atomic E-state index is 4.34. The third kappa shape index (κ3) is 21.5. The predicted octanol–water partition coefficient (Wildman–Crippen LogP) is 1.29. The van der Waals surface area contributed by atoms with Gasteiger partial charge in [-0.3, -0.25) is 0 Å². The molecule has 0 amide bonds. The van der Waals surface area contributed by atoms with E-state index in [-0.39, 0.29) is 55.7 Å². The Morgan fingerprint density at radius 3 is 1.20 bits per heavy atom. The number of hydrogen-bond donors (Lipinski definition) is 0. The molecule has 0 N–H and O–H groups in total. The normalized spacial score (nSPS) is 2.40. The van der Waals surface area contributed by atoms with Crippen LogP contribution in [0.5, 0.6) is 0 Å². The van der Waals surface area contributed by atoms with E-state index in [1.165, 1.54) is 0 Å². The molecule has 0 aliphatic carbocycles. The first kappa shape index (κ1) is 15.7. The Hall–Kier alpha value is 2.40. The predicted molar refractivity (Wildman–Crippen MR) is 22.5 cm³/mol. The molecule has 0 atom stereocenters. The summed E-state index contributed by atoms with van der Waals surface area (Å²) < 4.78 is 0. The van der Waals surface area contributed by atoms with Crippen molar-refractivity contribution >= 4 is 33.1 Å². The molecule has 0 aliphatic heterocycles. The zero-order chi connectivity index (χ0) is 2.71. The Labute approximate surface area is 74.1 Å². The third-order valence-corrected chi connectivity index (χ3v) is 0. The summed E-state index contributed by atoms with van der Waals surface area (Å²) >= 11 is -0.363. The zero-order valence-electron chi connectivity index (χ0n) is 2.34. The summed E-state index contributed by atoms with van der Waals surface area (Å²) in [6.45, 7) is 0. The van der Waals surface area contributed by atoms with Crippen molar-refractivity contribution in [2.75, 3.05) is 0 Å². The number of rotatable bonds is 0. The standard InChI is InChI=1S/Cd.Mo.3S/q+2;;;;-2. The van der Waals surface area contributed by atoms with E-state index < -0.39 is 0 Å². The molecule has 0 heterocycles. The molecule has 0 saturated heterocycles. The fraction of sp³-hybridized carbons (Fsp3) is 0. The van der Waals surface area contributed by atoms with E-state index >= 15 is 0 Å². The van der Waals surface area contributed by atoms with Crippen LogP contribution in [0.4, 0.5) is 0 Å². The van der Waals surface area contributed by atoms with Crippen LogP contribution in [0.25, 0.3) is 0 Å². The van der Waals surface area contributed by atoms with Crippen molar-refractivity contribution in [2.45, 2.75) is 0 Å². The van der Waals surface area contributed by atoms with E-state index in [1.54, 1.807) is 0 Å². The molecular weight excluding hydrogens is 305 g/mol. The van der Waals surface area contributed by atoms with Gasteiger partial charge in [-0.25, -0.2) is 0 Å². The SMILES string of the molecule is [Cd+2].[S-2].[S]=[Mo]=[S]. The monoisotopic (exact) mass is 308 g/mol. The fourth-order valence-corrected chi connectivity index (χ4v) is 0. The first-order valence-corrected chi connectivity index (χ1v) is 5.92. The van der Waals surface area contributed by atoms with E-state index in [1.807, 2.05) is 0 Å². The Bertz CT molecular complexity index is 27.9. The molecule has 0 aromatic carbocycles. The summed E-state index contributed by atoms with van der Waals surface area (Å²) in [5.41, 5.74) is 0. The molecule has 0 bridgehead atoms. The maximum absolute atomic E-state index is 4.34. The summed E-state index contributed by atoms with van der Waals surface area (Å²) in [7, 11) is 8.68. The average molecular weight is 305 g/mol. The molecule has 0 aliphatic rings. The molecule has 0 radical (unpaired) electrons. The van der Waals surface area contributed by atoms with Crippen LogP contribution in [-0.2, 0) is 55.7 Å². The van der Waals surface area contributed by atoms with Gasteiger partial charge in [-0.15, -0.1) is 0 Å². The van der Waals surface area contributed by atoms with Gasteiger partial charge in [0.05, 0.1) is 0 Å². The molecule has 0 rings (SSSR count). The minimum atomic E-state index is -0.363. The summed E-state index contributed by atoms with van der Waals surface area (Å²) in [4.78, 5) is 0. The quantitative estimate of drug-likeness (QED) is 0.619. The van der Waals surface area contributed by atoms with Gasteiger partial charge in [0.2, 0.25) is 0 Å². The molecule has 0 aromatic rings. The first-order valence-electron chi connectivity index (χ1n) is 0.333. The van der Waals surface area contributed by atoms with Crippen molar-refractivity contribution in [3.8, 4) is 0 Å². The van der Waals surface area contributed by atoms with Crippen molar-refractivity contribution in [1.82, 2.24) is 0 Å². The molecule has 5 heteroatoms. The second kappa shape index (κ2) is 16.1. The van der Waals surface area contributed by atoms with Gasteiger partial charge in [0.15, 0.2) is 0 Å². The summed E-state index contributed by atoms with van der Waals surface area (Å²) in [6, 6.07) is 0. The molecule has 0 unspecified atom stereocenters. The third-order valence-electron chi connectivity index (χ3n) is 0. The van der Waals surface area contributed by atoms with Crippen LogP contribution in [0, 0.1) is 0 Å². The summed E-state index contributed by atoms with van der Waals surface area (Å²) in [5, 5.41) is 0. The van der Waals surface area contributed by atoms with E-state index in [2.05, 4.69) is 19.6 Å². The van der Waals surface area contributed by atoms with E-state index in [4.69, 9.17) is 0 Å². The van der Waals surface area contributed by atoms with E-state index in [0.29, 0.717) is 0 Å². The molecular formula is CdMoS3. The van der Waals surface area contributed by atoms with Gasteiger partial charge < -0.3 is 13.5 Å². The molecule has 0 saturated carbocycles. The summed E-state index contributed by atoms with van der Waals surface area (Å²) in [5.74, 6) is 0. The van der Waals surface area contributed by atoms with Gasteiger partial charge >= 0.3 is 61.9 Å². The van der Waals surface area contributed by atoms with Crippen molar-refractivity contribution < 1.29 is 42.2 Å². The van der Waals surface area contributed by atoms with E-state index in [9.17, 15) is 0 Å². The zero-order valence-corrected chi connectivity index (χ0v) is 10.8. The Balaban J connectivity index is -0.0000000200. The van der Waals surface area contributed by atoms with E-state index in [0.717, 1.165) is 0 Å². The molecule has 0 spiro atoms. The Kier molecular flexibility index (Phi) is 50.5. The van der Waals surface area contributed by atoms with Crippen LogP contribution in [0.2, 0.25) is 0 Å². The van der Waals surface area contributed by atoms with Gasteiger partial charge in [-0.2, -0.15) is 0 Å². The van der Waals surface area contributed by atoms with Crippen LogP contribution >= 0.6 is 19.6 Å². The van der Waals surface area contributed by atoms with Gasteiger partial charge in [0, 0.05) is 0 Å². The van der Waals surface area contributed by atoms with Crippen LogP contribution in [0.3, 0.4) is 0 Å². The fourth-order valence-electron chi connectivity index (χ4n) is 0. The second-order valence-corrected chi connectivity index (χ2v) is 3.62. The Morgan fingerprint density at radius 1 is 1.20 bits per heavy atom. The number of hydrogen-bond acceptors (Lipinski definition) is 2. The molecule has 26 valence electrons. The van der Waals surface area contributed by atoms with Crippen molar-refractivity contribution in [3.05, 3.63) is 0 Å². The Morgan fingerprint density at radius 2 is 1.20 bits per heavy atom. The van der Waals surface area contributed by atoms with Crippen molar-refractivity contribution in [3.63, 3.8) is 0 Å². The topological polar surface area (TPSA) is 0 Å². The second-order valence-electron chi connectivity index (χ2n) is 0.0680. The van der Waals surface area contributed by atoms with Crippen molar-refractivity contribution in [2.24, 2.45) is 0 Å². The van der Waals surface area contributed by atoms with Gasteiger partial charge in [0.25, 0.3) is 0 Å². The van der Waals surface area contributed by atoms with Crippen LogP contribution in [-0.4, -0.2) is 0 Å². The first-order chi connectivity index (χ1) is 1.41. The van der Waals surface area contributed by atoms with Crippen LogP contribution in [0.15, 0.2) is 0 Å². The van der Waals surface area contributed by atoms with Crippen molar-refractivity contribution in [1.29, 1.82) is 0 Å². The molecule has 0 nitrogen and oxygen atoms in total. The minimum absolute atomic E-state index is 0. The van der Waals surface area contributed by atoms with Crippen LogP contribution in [0.1, 0.15) is 0 Å². The molecule has 5 heavy (non-hydrogen) atoms.